The molecular weight excluding hydrogens is 433 g/mol. The van der Waals surface area contributed by atoms with Crippen molar-refractivity contribution in [2.75, 3.05) is 6.61 Å². The third kappa shape index (κ3) is 6.17. The smallest absolute Gasteiger partial charge is 0.432 e. The monoisotopic (exact) mass is 458 g/mol. The Balaban J connectivity index is 1.58. The van der Waals surface area contributed by atoms with E-state index in [9.17, 15) is 30.7 Å². The molecule has 176 valence electrons. The summed E-state index contributed by atoms with van der Waals surface area (Å²) in [5.41, 5.74) is 0. The van der Waals surface area contributed by atoms with Gasteiger partial charge in [0.15, 0.2) is 11.6 Å². The highest BCUT2D eigenvalue weighted by atomic mass is 19.4. The molecule has 0 N–H and O–H groups in total. The van der Waals surface area contributed by atoms with Crippen molar-refractivity contribution in [2.24, 2.45) is 17.8 Å². The Morgan fingerprint density at radius 2 is 1.52 bits per heavy atom. The van der Waals surface area contributed by atoms with Crippen molar-refractivity contribution in [3.63, 3.8) is 0 Å². The lowest BCUT2D eigenvalue weighted by atomic mass is 9.76. The van der Waals surface area contributed by atoms with Gasteiger partial charge in [-0.3, -0.25) is 0 Å². The topological polar surface area (TPSA) is 27.7 Å². The van der Waals surface area contributed by atoms with Crippen LogP contribution in [0.15, 0.2) is 12.1 Å². The van der Waals surface area contributed by atoms with E-state index in [0.29, 0.717) is 25.4 Å². The molecule has 1 aromatic carbocycles. The Labute approximate surface area is 175 Å². The molecule has 31 heavy (non-hydrogen) atoms. The lowest BCUT2D eigenvalue weighted by Crippen LogP contribution is -2.40. The van der Waals surface area contributed by atoms with Crippen LogP contribution in [0, 0.1) is 29.4 Å². The quantitative estimate of drug-likeness (QED) is 0.437. The predicted molar refractivity (Wildman–Crippen MR) is 96.8 cm³/mol. The molecule has 0 aromatic heterocycles. The van der Waals surface area contributed by atoms with Gasteiger partial charge in [0.1, 0.15) is 5.75 Å². The van der Waals surface area contributed by atoms with Gasteiger partial charge < -0.3 is 14.2 Å². The lowest BCUT2D eigenvalue weighted by molar-refractivity contribution is -0.276. The number of rotatable bonds is 6. The first-order chi connectivity index (χ1) is 14.5. The summed E-state index contributed by atoms with van der Waals surface area (Å²) in [7, 11) is 0. The van der Waals surface area contributed by atoms with Gasteiger partial charge in [-0.25, -0.2) is 8.78 Å². The Hall–Kier alpha value is -1.71. The summed E-state index contributed by atoms with van der Waals surface area (Å²) >= 11 is 0. The summed E-state index contributed by atoms with van der Waals surface area (Å²) in [5, 5.41) is 0. The van der Waals surface area contributed by atoms with Crippen molar-refractivity contribution >= 4 is 0 Å². The van der Waals surface area contributed by atoms with Gasteiger partial charge in [0.2, 0.25) is 5.75 Å². The lowest BCUT2D eigenvalue weighted by Gasteiger charge is -2.39. The minimum atomic E-state index is -5.33. The maximum Gasteiger partial charge on any atom is 0.573 e. The molecule has 1 saturated heterocycles. The zero-order chi connectivity index (χ0) is 22.8. The summed E-state index contributed by atoms with van der Waals surface area (Å²) in [6.45, 7) is 2.79. The zero-order valence-electron chi connectivity index (χ0n) is 17.0. The second kappa shape index (κ2) is 9.42. The van der Waals surface area contributed by atoms with E-state index < -0.39 is 41.5 Å². The van der Waals surface area contributed by atoms with Crippen LogP contribution >= 0.6 is 0 Å². The normalized spacial score (nSPS) is 27.7. The van der Waals surface area contributed by atoms with E-state index in [1.54, 1.807) is 0 Å². The average Bonchev–Trinajstić information content (AvgIpc) is 2.70. The Morgan fingerprint density at radius 1 is 0.903 bits per heavy atom. The van der Waals surface area contributed by atoms with Gasteiger partial charge in [-0.05, 0) is 50.4 Å². The standard InChI is InChI=1S/C21H25F7O3/c1-2-12-3-8-18(29-11-12)13-4-6-14(7-5-13)20(24,25)30-15-9-16(22)19(17(23)10-15)31-21(26,27)28/h9-10,12-14,18H,2-8,11H2,1H3. The number of ether oxygens (including phenoxy) is 3. The predicted octanol–water partition coefficient (Wildman–Crippen LogP) is 6.85. The molecule has 2 aliphatic rings. The maximum atomic E-state index is 14.6. The molecule has 2 fully saturated rings. The SMILES string of the molecule is CCC1CCC(C2CCC(C(F)(F)Oc3cc(F)c(OC(F)(F)F)c(F)c3)CC2)OC1. The van der Waals surface area contributed by atoms with Crippen molar-refractivity contribution in [3.05, 3.63) is 23.8 Å². The van der Waals surface area contributed by atoms with Crippen molar-refractivity contribution in [1.29, 1.82) is 0 Å². The van der Waals surface area contributed by atoms with Crippen molar-refractivity contribution in [2.45, 2.75) is 70.4 Å². The molecule has 0 bridgehead atoms. The van der Waals surface area contributed by atoms with Gasteiger partial charge in [-0.2, -0.15) is 8.78 Å². The van der Waals surface area contributed by atoms with Gasteiger partial charge in [0, 0.05) is 18.7 Å². The van der Waals surface area contributed by atoms with Crippen LogP contribution < -0.4 is 9.47 Å². The largest absolute Gasteiger partial charge is 0.573 e. The maximum absolute atomic E-state index is 14.6. The summed E-state index contributed by atoms with van der Waals surface area (Å²) in [5.74, 6) is -6.65. The third-order valence-electron chi connectivity index (χ3n) is 6.20. The van der Waals surface area contributed by atoms with Gasteiger partial charge in [0.25, 0.3) is 0 Å². The van der Waals surface area contributed by atoms with Gasteiger partial charge in [-0.15, -0.1) is 13.2 Å². The first kappa shape index (κ1) is 23.9. The highest BCUT2D eigenvalue weighted by molar-refractivity contribution is 5.35. The van der Waals surface area contributed by atoms with Crippen molar-refractivity contribution < 1.29 is 44.9 Å². The first-order valence-corrected chi connectivity index (χ1v) is 10.4. The molecule has 2 unspecified atom stereocenters. The molecule has 3 rings (SSSR count). The minimum Gasteiger partial charge on any atom is -0.432 e. The molecule has 1 saturated carbocycles. The Morgan fingerprint density at radius 3 is 2.00 bits per heavy atom. The summed E-state index contributed by atoms with van der Waals surface area (Å²) in [4.78, 5) is 0. The molecule has 2 atom stereocenters. The molecular formula is C21H25F7O3. The van der Waals surface area contributed by atoms with Crippen LogP contribution in [-0.4, -0.2) is 25.2 Å². The van der Waals surface area contributed by atoms with E-state index in [2.05, 4.69) is 16.4 Å². The van der Waals surface area contributed by atoms with E-state index >= 15 is 0 Å². The van der Waals surface area contributed by atoms with E-state index in [1.807, 2.05) is 0 Å². The van der Waals surface area contributed by atoms with Crippen LogP contribution in [0.3, 0.4) is 0 Å². The molecule has 1 aliphatic heterocycles. The summed E-state index contributed by atoms with van der Waals surface area (Å²) in [6, 6.07) is 0.507. The highest BCUT2D eigenvalue weighted by Crippen LogP contribution is 2.43. The molecule has 0 amide bonds. The van der Waals surface area contributed by atoms with E-state index in [4.69, 9.17) is 4.74 Å². The van der Waals surface area contributed by atoms with E-state index in [1.165, 1.54) is 0 Å². The van der Waals surface area contributed by atoms with Crippen LogP contribution in [0.2, 0.25) is 0 Å². The molecule has 1 aliphatic carbocycles. The van der Waals surface area contributed by atoms with Crippen LogP contribution in [0.4, 0.5) is 30.7 Å². The van der Waals surface area contributed by atoms with Gasteiger partial charge in [-0.1, -0.05) is 13.3 Å². The van der Waals surface area contributed by atoms with E-state index in [-0.39, 0.29) is 37.0 Å². The van der Waals surface area contributed by atoms with Gasteiger partial charge >= 0.3 is 12.5 Å². The van der Waals surface area contributed by atoms with Crippen LogP contribution in [0.1, 0.15) is 51.9 Å². The van der Waals surface area contributed by atoms with Crippen LogP contribution in [0.25, 0.3) is 0 Å². The molecule has 1 aromatic rings. The number of halogens is 7. The molecule has 3 nitrogen and oxygen atoms in total. The fraction of sp³-hybridized carbons (Fsp3) is 0.714. The average molecular weight is 458 g/mol. The van der Waals surface area contributed by atoms with E-state index in [0.717, 1.165) is 19.3 Å². The first-order valence-electron chi connectivity index (χ1n) is 10.4. The minimum absolute atomic E-state index is 0.0580. The number of hydrogen-bond acceptors (Lipinski definition) is 3. The van der Waals surface area contributed by atoms with Gasteiger partial charge in [0.05, 0.1) is 12.0 Å². The van der Waals surface area contributed by atoms with Crippen molar-refractivity contribution in [1.82, 2.24) is 0 Å². The number of hydrogen-bond donors (Lipinski definition) is 0. The van der Waals surface area contributed by atoms with Crippen LogP contribution in [-0.2, 0) is 4.74 Å². The van der Waals surface area contributed by atoms with Crippen molar-refractivity contribution in [3.8, 4) is 11.5 Å². The fourth-order valence-corrected chi connectivity index (χ4v) is 4.40. The zero-order valence-corrected chi connectivity index (χ0v) is 17.0. The second-order valence-corrected chi connectivity index (χ2v) is 8.26. The Bertz CT molecular complexity index is 714. The second-order valence-electron chi connectivity index (χ2n) is 8.26. The summed E-state index contributed by atoms with van der Waals surface area (Å²) in [6.07, 6.45) is -4.64. The number of benzene rings is 1. The molecule has 0 radical (unpaired) electrons. The molecule has 10 heteroatoms. The third-order valence-corrected chi connectivity index (χ3v) is 6.20. The summed E-state index contributed by atoms with van der Waals surface area (Å²) < 4.78 is 107. The Kier molecular flexibility index (Phi) is 7.28. The molecule has 1 heterocycles. The molecule has 0 spiro atoms. The number of alkyl halides is 5. The van der Waals surface area contributed by atoms with Crippen LogP contribution in [0.5, 0.6) is 11.5 Å². The fourth-order valence-electron chi connectivity index (χ4n) is 4.40. The highest BCUT2D eigenvalue weighted by Gasteiger charge is 2.45.